The van der Waals surface area contributed by atoms with Gasteiger partial charge in [-0.3, -0.25) is 4.84 Å². The van der Waals surface area contributed by atoms with E-state index in [4.69, 9.17) is 4.84 Å². The van der Waals surface area contributed by atoms with E-state index in [1.165, 1.54) is 57.8 Å². The van der Waals surface area contributed by atoms with Crippen molar-refractivity contribution < 1.29 is 4.84 Å². The summed E-state index contributed by atoms with van der Waals surface area (Å²) < 4.78 is 0. The smallest absolute Gasteiger partial charge is 0.0793 e. The van der Waals surface area contributed by atoms with E-state index in [0.29, 0.717) is 11.5 Å². The number of hydrogen-bond acceptors (Lipinski definition) is 2. The van der Waals surface area contributed by atoms with Crippen LogP contribution in [0.15, 0.2) is 0 Å². The number of hydrogen-bond donors (Lipinski definition) is 0. The molecule has 2 fully saturated rings. The molecule has 1 heterocycles. The SMILES string of the molecule is CCC(C)(CC)C1CC(C)(C)N(OC2CCCCC2)C(C)(C)C1. The summed E-state index contributed by atoms with van der Waals surface area (Å²) in [5, 5.41) is 2.40. The Morgan fingerprint density at radius 3 is 1.83 bits per heavy atom. The summed E-state index contributed by atoms with van der Waals surface area (Å²) >= 11 is 0. The molecule has 1 saturated carbocycles. The maximum atomic E-state index is 6.62. The number of nitrogens with zero attached hydrogens (tertiary/aromatic N) is 1. The van der Waals surface area contributed by atoms with Crippen molar-refractivity contribution in [3.8, 4) is 0 Å². The first-order chi connectivity index (χ1) is 10.6. The van der Waals surface area contributed by atoms with Crippen LogP contribution in [0.2, 0.25) is 0 Å². The van der Waals surface area contributed by atoms with Gasteiger partial charge in [0.05, 0.1) is 6.10 Å². The highest BCUT2D eigenvalue weighted by molar-refractivity contribution is 5.00. The topological polar surface area (TPSA) is 12.5 Å². The normalized spacial score (nSPS) is 27.3. The Bertz CT molecular complexity index is 359. The van der Waals surface area contributed by atoms with Crippen LogP contribution < -0.4 is 0 Å². The number of hydroxylamine groups is 2. The van der Waals surface area contributed by atoms with Gasteiger partial charge in [-0.25, -0.2) is 0 Å². The largest absolute Gasteiger partial charge is 0.295 e. The van der Waals surface area contributed by atoms with Crippen molar-refractivity contribution >= 4 is 0 Å². The van der Waals surface area contributed by atoms with Crippen molar-refractivity contribution in [3.05, 3.63) is 0 Å². The van der Waals surface area contributed by atoms with Gasteiger partial charge < -0.3 is 0 Å². The maximum Gasteiger partial charge on any atom is 0.0793 e. The molecule has 1 saturated heterocycles. The van der Waals surface area contributed by atoms with E-state index in [-0.39, 0.29) is 11.1 Å². The minimum absolute atomic E-state index is 0.120. The predicted molar refractivity (Wildman–Crippen MR) is 99.4 cm³/mol. The molecule has 2 rings (SSSR count). The van der Waals surface area contributed by atoms with E-state index in [1.807, 2.05) is 0 Å². The number of rotatable bonds is 5. The Morgan fingerprint density at radius 1 is 0.913 bits per heavy atom. The van der Waals surface area contributed by atoms with Gasteiger partial charge in [0.2, 0.25) is 0 Å². The highest BCUT2D eigenvalue weighted by Gasteiger charge is 2.50. The average Bonchev–Trinajstić information content (AvgIpc) is 2.50. The molecule has 136 valence electrons. The molecule has 0 aromatic carbocycles. The van der Waals surface area contributed by atoms with Crippen molar-refractivity contribution in [1.82, 2.24) is 5.06 Å². The number of piperidine rings is 1. The summed E-state index contributed by atoms with van der Waals surface area (Å²) in [6.45, 7) is 16.8. The highest BCUT2D eigenvalue weighted by Crippen LogP contribution is 2.51. The zero-order valence-electron chi connectivity index (χ0n) is 16.9. The third-order valence-electron chi connectivity index (χ3n) is 7.00. The fourth-order valence-corrected chi connectivity index (χ4v) is 5.19. The first kappa shape index (κ1) is 19.2. The van der Waals surface area contributed by atoms with Gasteiger partial charge in [0.15, 0.2) is 0 Å². The minimum Gasteiger partial charge on any atom is -0.295 e. The van der Waals surface area contributed by atoms with Gasteiger partial charge in [-0.2, -0.15) is 5.06 Å². The molecular weight excluding hydrogens is 282 g/mol. The fraction of sp³-hybridized carbons (Fsp3) is 1.00. The van der Waals surface area contributed by atoms with Gasteiger partial charge in [0.1, 0.15) is 0 Å². The first-order valence-corrected chi connectivity index (χ1v) is 10.1. The van der Waals surface area contributed by atoms with Crippen LogP contribution in [0.1, 0.15) is 106 Å². The Hall–Kier alpha value is -0.0800. The van der Waals surface area contributed by atoms with Crippen molar-refractivity contribution in [1.29, 1.82) is 0 Å². The quantitative estimate of drug-likeness (QED) is 0.585. The summed E-state index contributed by atoms with van der Waals surface area (Å²) in [6.07, 6.45) is 12.1. The molecule has 0 radical (unpaired) electrons. The van der Waals surface area contributed by atoms with E-state index in [9.17, 15) is 0 Å². The summed E-state index contributed by atoms with van der Waals surface area (Å²) in [6, 6.07) is 0. The molecule has 1 aliphatic carbocycles. The van der Waals surface area contributed by atoms with Crippen molar-refractivity contribution in [2.75, 3.05) is 0 Å². The lowest BCUT2D eigenvalue weighted by Crippen LogP contribution is -2.62. The van der Waals surface area contributed by atoms with E-state index in [2.05, 4.69) is 53.5 Å². The molecule has 0 atom stereocenters. The Balaban J connectivity index is 2.16. The van der Waals surface area contributed by atoms with Gasteiger partial charge in [0, 0.05) is 11.1 Å². The Labute approximate surface area is 145 Å². The van der Waals surface area contributed by atoms with Crippen LogP contribution in [-0.4, -0.2) is 22.2 Å². The van der Waals surface area contributed by atoms with Crippen LogP contribution in [0.25, 0.3) is 0 Å². The van der Waals surface area contributed by atoms with Gasteiger partial charge in [-0.05, 0) is 64.7 Å². The summed E-state index contributed by atoms with van der Waals surface area (Å²) in [5.41, 5.74) is 0.705. The highest BCUT2D eigenvalue weighted by atomic mass is 16.7. The minimum atomic E-state index is 0.120. The molecule has 0 aromatic rings. The van der Waals surface area contributed by atoms with E-state index < -0.39 is 0 Å². The molecule has 0 unspecified atom stereocenters. The zero-order chi connectivity index (χ0) is 17.3. The molecule has 2 aliphatic rings. The van der Waals surface area contributed by atoms with Crippen LogP contribution in [-0.2, 0) is 4.84 Å². The molecule has 2 heteroatoms. The zero-order valence-corrected chi connectivity index (χ0v) is 16.9. The molecular formula is C21H41NO. The van der Waals surface area contributed by atoms with E-state index in [0.717, 1.165) is 5.92 Å². The first-order valence-electron chi connectivity index (χ1n) is 10.1. The monoisotopic (exact) mass is 323 g/mol. The van der Waals surface area contributed by atoms with Crippen LogP contribution in [0, 0.1) is 11.3 Å². The third kappa shape index (κ3) is 4.12. The lowest BCUT2D eigenvalue weighted by atomic mass is 9.62. The molecule has 0 aromatic heterocycles. The Morgan fingerprint density at radius 2 is 1.39 bits per heavy atom. The molecule has 0 N–H and O–H groups in total. The standard InChI is InChI=1S/C21H41NO/c1-8-21(7,9-2)17-15-19(3,4)22(20(5,6)16-17)23-18-13-11-10-12-14-18/h17-18H,8-16H2,1-7H3. The van der Waals surface area contributed by atoms with Gasteiger partial charge in [-0.1, -0.05) is 52.9 Å². The van der Waals surface area contributed by atoms with Gasteiger partial charge in [-0.15, -0.1) is 0 Å². The maximum absolute atomic E-state index is 6.62. The molecule has 0 spiro atoms. The van der Waals surface area contributed by atoms with E-state index in [1.54, 1.807) is 0 Å². The van der Waals surface area contributed by atoms with Crippen LogP contribution >= 0.6 is 0 Å². The summed E-state index contributed by atoms with van der Waals surface area (Å²) in [5.74, 6) is 0.786. The van der Waals surface area contributed by atoms with Crippen LogP contribution in [0.3, 0.4) is 0 Å². The third-order valence-corrected chi connectivity index (χ3v) is 7.00. The second kappa shape index (κ2) is 7.04. The molecule has 0 amide bonds. The second-order valence-electron chi connectivity index (χ2n) is 9.75. The second-order valence-corrected chi connectivity index (χ2v) is 9.75. The average molecular weight is 324 g/mol. The van der Waals surface area contributed by atoms with E-state index >= 15 is 0 Å². The van der Waals surface area contributed by atoms with Crippen LogP contribution in [0.5, 0.6) is 0 Å². The van der Waals surface area contributed by atoms with Crippen LogP contribution in [0.4, 0.5) is 0 Å². The molecule has 2 nitrogen and oxygen atoms in total. The Kier molecular flexibility index (Phi) is 5.89. The predicted octanol–water partition coefficient (Wildman–Crippen LogP) is 6.35. The van der Waals surface area contributed by atoms with Crippen molar-refractivity contribution in [2.45, 2.75) is 123 Å². The lowest BCUT2D eigenvalue weighted by molar-refractivity contribution is -0.318. The lowest BCUT2D eigenvalue weighted by Gasteiger charge is -2.58. The summed E-state index contributed by atoms with van der Waals surface area (Å²) in [7, 11) is 0. The molecule has 1 aliphatic heterocycles. The molecule has 23 heavy (non-hydrogen) atoms. The van der Waals surface area contributed by atoms with Crippen molar-refractivity contribution in [2.24, 2.45) is 11.3 Å². The van der Waals surface area contributed by atoms with Gasteiger partial charge in [0.25, 0.3) is 0 Å². The summed E-state index contributed by atoms with van der Waals surface area (Å²) in [4.78, 5) is 6.62. The fourth-order valence-electron chi connectivity index (χ4n) is 5.19. The van der Waals surface area contributed by atoms with Crippen molar-refractivity contribution in [3.63, 3.8) is 0 Å². The molecule has 0 bridgehead atoms. The van der Waals surface area contributed by atoms with Gasteiger partial charge >= 0.3 is 0 Å².